The summed E-state index contributed by atoms with van der Waals surface area (Å²) in [4.78, 5) is 34.8. The highest BCUT2D eigenvalue weighted by Gasteiger charge is 2.44. The summed E-state index contributed by atoms with van der Waals surface area (Å²) in [5.74, 6) is -2.55. The van der Waals surface area contributed by atoms with Gasteiger partial charge in [-0.3, -0.25) is 9.59 Å². The average Bonchev–Trinajstić information content (AvgIpc) is 3.02. The Balaban J connectivity index is 1.34. The molecule has 3 aromatic rings. The molecule has 1 heterocycles. The highest BCUT2D eigenvalue weighted by Crippen LogP contribution is 2.34. The van der Waals surface area contributed by atoms with Crippen LogP contribution in [0.3, 0.4) is 0 Å². The van der Waals surface area contributed by atoms with Crippen LogP contribution in [0.1, 0.15) is 51.6 Å². The van der Waals surface area contributed by atoms with Crippen molar-refractivity contribution in [2.24, 2.45) is 0 Å². The number of carboxylic acids is 2. The van der Waals surface area contributed by atoms with Crippen LogP contribution in [0.5, 0.6) is 5.75 Å². The highest BCUT2D eigenvalue weighted by atomic mass is 35.5. The fraction of sp³-hybridized carbons (Fsp3) is 0.344. The number of carbonyl (C=O) groups is 3. The Morgan fingerprint density at radius 3 is 2.29 bits per heavy atom. The van der Waals surface area contributed by atoms with E-state index in [1.54, 1.807) is 48.5 Å². The lowest BCUT2D eigenvalue weighted by molar-refractivity contribution is -0.231. The summed E-state index contributed by atoms with van der Waals surface area (Å²) in [6, 6.07) is 17.5. The third-order valence-corrected chi connectivity index (χ3v) is 7.81. The molecule has 3 aromatic carbocycles. The van der Waals surface area contributed by atoms with Gasteiger partial charge in [-0.25, -0.2) is 4.79 Å². The van der Waals surface area contributed by atoms with Crippen molar-refractivity contribution >= 4 is 29.4 Å². The van der Waals surface area contributed by atoms with E-state index in [2.05, 4.69) is 5.32 Å². The van der Waals surface area contributed by atoms with Gasteiger partial charge in [0.05, 0.1) is 6.61 Å². The fourth-order valence-electron chi connectivity index (χ4n) is 4.92. The van der Waals surface area contributed by atoms with Crippen molar-refractivity contribution in [2.45, 2.75) is 62.4 Å². The molecule has 1 amide bonds. The van der Waals surface area contributed by atoms with Crippen LogP contribution in [0.4, 0.5) is 0 Å². The Morgan fingerprint density at radius 1 is 0.911 bits per heavy atom. The number of nitrogens with one attached hydrogen (secondary N) is 1. The quantitative estimate of drug-likeness (QED) is 0.144. The molecule has 4 rings (SSSR count). The lowest BCUT2D eigenvalue weighted by Crippen LogP contribution is -2.55. The second-order valence-electron chi connectivity index (χ2n) is 10.7. The number of hydrogen-bond donors (Lipinski definition) is 7. The van der Waals surface area contributed by atoms with Crippen LogP contribution in [-0.2, 0) is 27.4 Å². The van der Waals surface area contributed by atoms with E-state index >= 15 is 0 Å². The van der Waals surface area contributed by atoms with Crippen LogP contribution in [0.2, 0.25) is 5.02 Å². The molecule has 1 saturated heterocycles. The summed E-state index contributed by atoms with van der Waals surface area (Å²) in [6.07, 6.45) is -6.50. The highest BCUT2D eigenvalue weighted by molar-refractivity contribution is 6.31. The Hall–Kier alpha value is -4.04. The van der Waals surface area contributed by atoms with E-state index in [4.69, 9.17) is 26.2 Å². The average molecular weight is 644 g/mol. The molecular formula is C32H34ClNO11. The van der Waals surface area contributed by atoms with E-state index in [-0.39, 0.29) is 18.6 Å². The van der Waals surface area contributed by atoms with Gasteiger partial charge in [-0.2, -0.15) is 0 Å². The second-order valence-corrected chi connectivity index (χ2v) is 11.1. The molecule has 45 heavy (non-hydrogen) atoms. The first-order valence-corrected chi connectivity index (χ1v) is 14.5. The van der Waals surface area contributed by atoms with Gasteiger partial charge >= 0.3 is 11.9 Å². The van der Waals surface area contributed by atoms with Gasteiger partial charge in [-0.1, -0.05) is 48.0 Å². The number of aliphatic carboxylic acids is 2. The van der Waals surface area contributed by atoms with Gasteiger partial charge in [0.1, 0.15) is 48.9 Å². The van der Waals surface area contributed by atoms with Crippen LogP contribution < -0.4 is 10.1 Å². The van der Waals surface area contributed by atoms with Gasteiger partial charge < -0.3 is 45.4 Å². The summed E-state index contributed by atoms with van der Waals surface area (Å²) in [7, 11) is 0. The molecule has 240 valence electrons. The predicted octanol–water partition coefficient (Wildman–Crippen LogP) is 2.07. The number of aliphatic hydroxyl groups excluding tert-OH is 4. The largest absolute Gasteiger partial charge is 0.489 e. The number of halogens is 1. The van der Waals surface area contributed by atoms with Gasteiger partial charge in [0.15, 0.2) is 0 Å². The zero-order valence-electron chi connectivity index (χ0n) is 24.0. The molecule has 0 spiro atoms. The van der Waals surface area contributed by atoms with Gasteiger partial charge in [-0.05, 0) is 65.4 Å². The van der Waals surface area contributed by atoms with Crippen molar-refractivity contribution in [3.05, 3.63) is 99.6 Å². The molecule has 0 aromatic heterocycles. The molecule has 6 atom stereocenters. The zero-order valence-corrected chi connectivity index (χ0v) is 24.7. The third kappa shape index (κ3) is 8.78. The molecule has 0 radical (unpaired) electrons. The lowest BCUT2D eigenvalue weighted by Gasteiger charge is -2.40. The molecule has 1 aliphatic rings. The summed E-state index contributed by atoms with van der Waals surface area (Å²) >= 11 is 6.53. The number of ether oxygens (including phenoxy) is 2. The third-order valence-electron chi connectivity index (χ3n) is 7.46. The number of aliphatic hydroxyl groups is 4. The molecule has 1 fully saturated rings. The van der Waals surface area contributed by atoms with Gasteiger partial charge in [-0.15, -0.1) is 0 Å². The number of benzene rings is 3. The van der Waals surface area contributed by atoms with Crippen molar-refractivity contribution in [3.8, 4) is 5.75 Å². The minimum absolute atomic E-state index is 0.132. The zero-order chi connectivity index (χ0) is 32.7. The maximum Gasteiger partial charge on any atom is 0.326 e. The SMILES string of the molecule is O=C(O)CC[C@H](NC(=O)c1cccc(COc2ccc(Cc3ccc([C@@H]4O[C@H](CO)[C@@H](O)[C@H](O)[C@H]4O)cc3Cl)cc2)c1)C(=O)O. The molecule has 0 unspecified atom stereocenters. The molecule has 13 heteroatoms. The Bertz CT molecular complexity index is 1500. The Kier molecular flexibility index (Phi) is 11.5. The minimum atomic E-state index is -1.49. The molecule has 0 aliphatic carbocycles. The van der Waals surface area contributed by atoms with Gasteiger partial charge in [0, 0.05) is 17.0 Å². The van der Waals surface area contributed by atoms with Crippen molar-refractivity contribution in [3.63, 3.8) is 0 Å². The molecule has 7 N–H and O–H groups in total. The smallest absolute Gasteiger partial charge is 0.326 e. The van der Waals surface area contributed by atoms with Crippen LogP contribution in [-0.4, -0.2) is 85.5 Å². The molecule has 0 saturated carbocycles. The molecule has 0 bridgehead atoms. The number of rotatable bonds is 13. The van der Waals surface area contributed by atoms with Crippen LogP contribution in [0.15, 0.2) is 66.7 Å². The van der Waals surface area contributed by atoms with E-state index in [0.717, 1.165) is 11.1 Å². The molecule has 12 nitrogen and oxygen atoms in total. The van der Waals surface area contributed by atoms with E-state index in [9.17, 15) is 39.9 Å². The summed E-state index contributed by atoms with van der Waals surface area (Å²) in [5.41, 5.74) is 3.09. The summed E-state index contributed by atoms with van der Waals surface area (Å²) in [6.45, 7) is -0.393. The lowest BCUT2D eigenvalue weighted by atomic mass is 9.90. The number of carbonyl (C=O) groups excluding carboxylic acids is 1. The van der Waals surface area contributed by atoms with Gasteiger partial charge in [0.25, 0.3) is 5.91 Å². The predicted molar refractivity (Wildman–Crippen MR) is 160 cm³/mol. The maximum absolute atomic E-state index is 12.6. The van der Waals surface area contributed by atoms with E-state index in [1.807, 2.05) is 12.1 Å². The minimum Gasteiger partial charge on any atom is -0.489 e. The summed E-state index contributed by atoms with van der Waals surface area (Å²) in [5, 5.41) is 60.8. The van der Waals surface area contributed by atoms with Crippen LogP contribution in [0.25, 0.3) is 0 Å². The maximum atomic E-state index is 12.6. The Morgan fingerprint density at radius 2 is 1.64 bits per heavy atom. The Labute approximate surface area is 263 Å². The second kappa shape index (κ2) is 15.3. The first-order valence-electron chi connectivity index (χ1n) is 14.1. The van der Waals surface area contributed by atoms with Crippen molar-refractivity contribution in [1.82, 2.24) is 5.32 Å². The van der Waals surface area contributed by atoms with E-state index in [0.29, 0.717) is 28.3 Å². The first-order chi connectivity index (χ1) is 21.5. The first kappa shape index (κ1) is 33.8. The number of amides is 1. The monoisotopic (exact) mass is 643 g/mol. The van der Waals surface area contributed by atoms with E-state index in [1.165, 1.54) is 6.07 Å². The van der Waals surface area contributed by atoms with Crippen LogP contribution in [0, 0.1) is 0 Å². The van der Waals surface area contributed by atoms with Crippen molar-refractivity contribution < 1.29 is 54.5 Å². The number of carboxylic acid groups (broad SMARTS) is 2. The number of hydrogen-bond acceptors (Lipinski definition) is 9. The van der Waals surface area contributed by atoms with Crippen LogP contribution >= 0.6 is 11.6 Å². The van der Waals surface area contributed by atoms with E-state index < -0.39 is 67.4 Å². The summed E-state index contributed by atoms with van der Waals surface area (Å²) < 4.78 is 11.5. The topological polar surface area (TPSA) is 203 Å². The van der Waals surface area contributed by atoms with Gasteiger partial charge in [0.2, 0.25) is 0 Å². The van der Waals surface area contributed by atoms with Crippen molar-refractivity contribution in [2.75, 3.05) is 6.61 Å². The standard InChI is InChI=1S/C32H34ClNO11/c33-23-14-20(30-29(40)28(39)27(38)25(15-35)45-30)7-6-19(23)12-17-4-8-22(9-5-17)44-16-18-2-1-3-21(13-18)31(41)34-24(32(42)43)10-11-26(36)37/h1-9,13-14,24-25,27-30,35,38-40H,10-12,15-16H2,(H,34,41)(H,36,37)(H,42,43)/t24-,25+,27+,28-,29+,30-/m0/s1. The fourth-order valence-corrected chi connectivity index (χ4v) is 5.18. The molecule has 1 aliphatic heterocycles. The van der Waals surface area contributed by atoms with Crippen molar-refractivity contribution in [1.29, 1.82) is 0 Å². The normalized spacial score (nSPS) is 21.9. The molecular weight excluding hydrogens is 610 g/mol.